The Morgan fingerprint density at radius 1 is 1.32 bits per heavy atom. The SMILES string of the molecule is COc1ccccc1CC(C)(C)C(=O)NCC1(O)CCCC1. The minimum absolute atomic E-state index is 0.0290. The molecular weight excluding hydrogens is 278 g/mol. The van der Waals surface area contributed by atoms with Gasteiger partial charge in [-0.15, -0.1) is 0 Å². The number of methoxy groups -OCH3 is 1. The average Bonchev–Trinajstić information content (AvgIpc) is 2.92. The first-order valence-corrected chi connectivity index (χ1v) is 7.99. The Morgan fingerprint density at radius 3 is 2.59 bits per heavy atom. The van der Waals surface area contributed by atoms with Crippen molar-refractivity contribution in [2.45, 2.75) is 51.6 Å². The lowest BCUT2D eigenvalue weighted by Crippen LogP contribution is -2.46. The topological polar surface area (TPSA) is 58.6 Å². The van der Waals surface area contributed by atoms with Gasteiger partial charge in [-0.1, -0.05) is 44.9 Å². The van der Waals surface area contributed by atoms with Crippen LogP contribution in [-0.4, -0.2) is 30.3 Å². The van der Waals surface area contributed by atoms with Crippen LogP contribution in [0, 0.1) is 5.41 Å². The zero-order chi connectivity index (χ0) is 16.2. The van der Waals surface area contributed by atoms with E-state index in [2.05, 4.69) is 5.32 Å². The van der Waals surface area contributed by atoms with E-state index >= 15 is 0 Å². The second-order valence-electron chi connectivity index (χ2n) is 6.99. The Kier molecular flexibility index (Phi) is 5.12. The molecule has 0 spiro atoms. The van der Waals surface area contributed by atoms with Gasteiger partial charge in [0.2, 0.25) is 5.91 Å². The molecule has 2 N–H and O–H groups in total. The first-order chi connectivity index (χ1) is 10.4. The van der Waals surface area contributed by atoms with Gasteiger partial charge in [0.1, 0.15) is 5.75 Å². The van der Waals surface area contributed by atoms with Crippen molar-refractivity contribution in [2.24, 2.45) is 5.41 Å². The summed E-state index contributed by atoms with van der Waals surface area (Å²) >= 11 is 0. The summed E-state index contributed by atoms with van der Waals surface area (Å²) in [6, 6.07) is 7.76. The lowest BCUT2D eigenvalue weighted by molar-refractivity contribution is -0.130. The standard InChI is InChI=1S/C18H27NO3/c1-17(2,12-14-8-4-5-9-15(14)22-3)16(20)19-13-18(21)10-6-7-11-18/h4-5,8-9,21H,6-7,10-13H2,1-3H3,(H,19,20). The van der Waals surface area contributed by atoms with Crippen molar-refractivity contribution >= 4 is 5.91 Å². The summed E-state index contributed by atoms with van der Waals surface area (Å²) in [6.07, 6.45) is 4.23. The van der Waals surface area contributed by atoms with Crippen LogP contribution in [0.15, 0.2) is 24.3 Å². The zero-order valence-electron chi connectivity index (χ0n) is 13.8. The Hall–Kier alpha value is -1.55. The fourth-order valence-electron chi connectivity index (χ4n) is 3.10. The van der Waals surface area contributed by atoms with E-state index in [4.69, 9.17) is 4.74 Å². The fraction of sp³-hybridized carbons (Fsp3) is 0.611. The van der Waals surface area contributed by atoms with Crippen molar-refractivity contribution < 1.29 is 14.6 Å². The summed E-state index contributed by atoms with van der Waals surface area (Å²) in [5.41, 5.74) is -0.246. The third-order valence-electron chi connectivity index (χ3n) is 4.55. The minimum atomic E-state index is -0.712. The third-order valence-corrected chi connectivity index (χ3v) is 4.55. The van der Waals surface area contributed by atoms with Crippen LogP contribution in [-0.2, 0) is 11.2 Å². The smallest absolute Gasteiger partial charge is 0.226 e. The molecule has 0 unspecified atom stereocenters. The van der Waals surface area contributed by atoms with Crippen LogP contribution in [0.2, 0.25) is 0 Å². The third kappa shape index (κ3) is 4.01. The van der Waals surface area contributed by atoms with Gasteiger partial charge < -0.3 is 15.2 Å². The van der Waals surface area contributed by atoms with Gasteiger partial charge >= 0.3 is 0 Å². The molecule has 0 aromatic heterocycles. The van der Waals surface area contributed by atoms with Crippen LogP contribution in [0.1, 0.15) is 45.1 Å². The summed E-state index contributed by atoms with van der Waals surface area (Å²) in [4.78, 5) is 12.5. The highest BCUT2D eigenvalue weighted by molar-refractivity contribution is 5.82. The molecule has 0 heterocycles. The minimum Gasteiger partial charge on any atom is -0.496 e. The molecule has 4 nitrogen and oxygen atoms in total. The van der Waals surface area contributed by atoms with Gasteiger partial charge in [-0.05, 0) is 30.9 Å². The van der Waals surface area contributed by atoms with Gasteiger partial charge in [-0.2, -0.15) is 0 Å². The number of carbonyl (C=O) groups is 1. The van der Waals surface area contributed by atoms with E-state index in [9.17, 15) is 9.90 Å². The van der Waals surface area contributed by atoms with Crippen molar-refractivity contribution in [1.82, 2.24) is 5.32 Å². The Labute approximate surface area is 132 Å². The largest absolute Gasteiger partial charge is 0.496 e. The maximum Gasteiger partial charge on any atom is 0.226 e. The molecule has 1 amide bonds. The van der Waals surface area contributed by atoms with Crippen molar-refractivity contribution in [3.05, 3.63) is 29.8 Å². The van der Waals surface area contributed by atoms with Gasteiger partial charge in [0.15, 0.2) is 0 Å². The van der Waals surface area contributed by atoms with E-state index in [0.717, 1.165) is 37.0 Å². The molecule has 0 atom stereocenters. The van der Waals surface area contributed by atoms with E-state index in [1.165, 1.54) is 0 Å². The summed E-state index contributed by atoms with van der Waals surface area (Å²) in [5, 5.41) is 13.3. The highest BCUT2D eigenvalue weighted by atomic mass is 16.5. The number of amides is 1. The number of nitrogens with one attached hydrogen (secondary N) is 1. The molecule has 0 radical (unpaired) electrons. The van der Waals surface area contributed by atoms with Crippen molar-refractivity contribution in [3.8, 4) is 5.75 Å². The Balaban J connectivity index is 1.98. The molecular formula is C18H27NO3. The highest BCUT2D eigenvalue weighted by Gasteiger charge is 2.34. The average molecular weight is 305 g/mol. The number of aliphatic hydroxyl groups is 1. The van der Waals surface area contributed by atoms with Crippen LogP contribution in [0.3, 0.4) is 0 Å². The van der Waals surface area contributed by atoms with Crippen molar-refractivity contribution in [2.75, 3.05) is 13.7 Å². The maximum atomic E-state index is 12.5. The van der Waals surface area contributed by atoms with Gasteiger partial charge in [0.25, 0.3) is 0 Å². The number of carbonyl (C=O) groups excluding carboxylic acids is 1. The van der Waals surface area contributed by atoms with Crippen molar-refractivity contribution in [1.29, 1.82) is 0 Å². The van der Waals surface area contributed by atoms with Crippen LogP contribution in [0.5, 0.6) is 5.75 Å². The Morgan fingerprint density at radius 2 is 1.95 bits per heavy atom. The van der Waals surface area contributed by atoms with Gasteiger partial charge in [-0.25, -0.2) is 0 Å². The molecule has 1 aliphatic carbocycles. The number of hydrogen-bond acceptors (Lipinski definition) is 3. The molecule has 1 saturated carbocycles. The van der Waals surface area contributed by atoms with Crippen LogP contribution in [0.4, 0.5) is 0 Å². The van der Waals surface area contributed by atoms with E-state index < -0.39 is 11.0 Å². The predicted molar refractivity (Wildman–Crippen MR) is 86.9 cm³/mol. The van der Waals surface area contributed by atoms with Crippen LogP contribution >= 0.6 is 0 Å². The molecule has 0 bridgehead atoms. The number of rotatable bonds is 6. The second kappa shape index (κ2) is 6.69. The van der Waals surface area contributed by atoms with E-state index in [1.807, 2.05) is 38.1 Å². The molecule has 2 rings (SSSR count). The molecule has 0 aliphatic heterocycles. The monoisotopic (exact) mass is 305 g/mol. The Bertz CT molecular complexity index is 519. The van der Waals surface area contributed by atoms with Crippen LogP contribution < -0.4 is 10.1 Å². The number of para-hydroxylation sites is 1. The molecule has 1 aromatic rings. The van der Waals surface area contributed by atoms with Crippen molar-refractivity contribution in [3.63, 3.8) is 0 Å². The zero-order valence-corrected chi connectivity index (χ0v) is 13.8. The van der Waals surface area contributed by atoms with Crippen LogP contribution in [0.25, 0.3) is 0 Å². The second-order valence-corrected chi connectivity index (χ2v) is 6.99. The molecule has 4 heteroatoms. The number of ether oxygens (including phenoxy) is 1. The quantitative estimate of drug-likeness (QED) is 0.849. The molecule has 122 valence electrons. The molecule has 1 aliphatic rings. The molecule has 1 aromatic carbocycles. The summed E-state index contributed by atoms with van der Waals surface area (Å²) in [5.74, 6) is 0.775. The number of benzene rings is 1. The molecule has 0 saturated heterocycles. The first-order valence-electron chi connectivity index (χ1n) is 7.99. The highest BCUT2D eigenvalue weighted by Crippen LogP contribution is 2.30. The van der Waals surface area contributed by atoms with E-state index in [1.54, 1.807) is 7.11 Å². The number of hydrogen-bond donors (Lipinski definition) is 2. The fourth-order valence-corrected chi connectivity index (χ4v) is 3.10. The summed E-state index contributed by atoms with van der Waals surface area (Å²) in [7, 11) is 1.64. The molecule has 1 fully saturated rings. The van der Waals surface area contributed by atoms with Gasteiger partial charge in [0.05, 0.1) is 12.7 Å². The van der Waals surface area contributed by atoms with Gasteiger partial charge in [0, 0.05) is 12.0 Å². The maximum absolute atomic E-state index is 12.5. The lowest BCUT2D eigenvalue weighted by Gasteiger charge is -2.28. The predicted octanol–water partition coefficient (Wildman–Crippen LogP) is 2.69. The normalized spacial score (nSPS) is 17.3. The van der Waals surface area contributed by atoms with Gasteiger partial charge in [-0.3, -0.25) is 4.79 Å². The lowest BCUT2D eigenvalue weighted by atomic mass is 9.84. The van der Waals surface area contributed by atoms with E-state index in [0.29, 0.717) is 13.0 Å². The first kappa shape index (κ1) is 16.8. The molecule has 22 heavy (non-hydrogen) atoms. The van der Waals surface area contributed by atoms with E-state index in [-0.39, 0.29) is 5.91 Å². The summed E-state index contributed by atoms with van der Waals surface area (Å²) in [6.45, 7) is 4.20. The summed E-state index contributed by atoms with van der Waals surface area (Å²) < 4.78 is 5.36.